The molecule has 4 aromatic carbocycles. The summed E-state index contributed by atoms with van der Waals surface area (Å²) in [5.74, 6) is 7.28. The Morgan fingerprint density at radius 3 is 1.35 bits per heavy atom. The van der Waals surface area contributed by atoms with E-state index in [-0.39, 0.29) is 4.70 Å². The Kier molecular flexibility index (Phi) is 19.7. The minimum atomic E-state index is -1.14. The highest BCUT2D eigenvalue weighted by Crippen LogP contribution is 2.55. The van der Waals surface area contributed by atoms with Gasteiger partial charge in [-0.05, 0) is 173 Å². The predicted molar refractivity (Wildman–Crippen MR) is 375 cm³/mol. The van der Waals surface area contributed by atoms with Crippen LogP contribution >= 0.6 is 0 Å². The van der Waals surface area contributed by atoms with Crippen LogP contribution in [0.2, 0.25) is 39.3 Å². The van der Waals surface area contributed by atoms with Gasteiger partial charge in [-0.15, -0.1) is 12.2 Å². The highest BCUT2D eigenvalue weighted by molar-refractivity contribution is 6.76. The van der Waals surface area contributed by atoms with Crippen molar-refractivity contribution in [1.29, 1.82) is 0 Å². The summed E-state index contributed by atoms with van der Waals surface area (Å²) >= 11 is 0. The fourth-order valence-corrected chi connectivity index (χ4v) is 19.5. The van der Waals surface area contributed by atoms with E-state index < -0.39 is 16.1 Å². The van der Waals surface area contributed by atoms with Crippen molar-refractivity contribution < 1.29 is 56.3 Å². The molecule has 1 saturated heterocycles. The standard InChI is InChI=1S/2C19H26NO2Si.C18H21NO2.C16H17NO2.C3H6.C2H6.FH/c2*1-13-5-6-16-19(13)15-10-18-17(21-12-22-18)9-14(15)7-8-20(16)11-23(2,3)4;1-12-3-6-18-5-2-7-19(18)8-4-13-9-15-16(21-11-20-15)10-14(13)17(12)18;1-10-3-4-13-16(10)12-8-15-14(18-9-19-15)7-11(12)5-6-17(13)2;1-3-2;1-2;/h2*9-10H,5-8,11-12H2,1-4H3;9-10H,2-8,11H2,1H3;7-8H,2-6,9H2,1H3;3H,1H2,2H3;1-2H3;1H/q2*+1;;;;;/p-1. The Morgan fingerprint density at radius 2 is 0.891 bits per heavy atom. The fourth-order valence-electron chi connectivity index (χ4n) is 16.5. The van der Waals surface area contributed by atoms with Crippen LogP contribution in [0.4, 0.5) is 0 Å². The molecule has 4 aromatic rings. The van der Waals surface area contributed by atoms with Gasteiger partial charge in [0.15, 0.2) is 57.4 Å². The van der Waals surface area contributed by atoms with E-state index in [9.17, 15) is 0 Å². The minimum Gasteiger partial charge on any atom is -1.00 e. The number of benzene rings is 4. The second-order valence-electron chi connectivity index (χ2n) is 29.2. The SMILES string of the molecule is C=CC.C=[N+]1CCc2cc3c(cc2C2=C(C)CC[C-]21)OCO3.CC.CC1=C2C(=[N+](C[Si](C)(C)C)CCc3cc4c(cc32)OCO4)CC1.CC1=C2C(=[N+](C[Si](C)(C)C)CCc3cc4c(cc32)OCO4)CC1.CC1=C2c3cc4c(cc3CCN3CCCC23CC1)OCO4.[F-]. The summed E-state index contributed by atoms with van der Waals surface area (Å²) in [4.78, 5) is 2.76. The lowest BCUT2D eigenvalue weighted by Gasteiger charge is -2.36. The highest BCUT2D eigenvalue weighted by atomic mass is 28.3. The fraction of sp³-hybridized carbons (Fsp3) is 0.506. The molecule has 1 spiro atoms. The van der Waals surface area contributed by atoms with Gasteiger partial charge in [-0.3, -0.25) is 9.48 Å². The zero-order chi connectivity index (χ0) is 64.1. The second kappa shape index (κ2) is 27.3. The van der Waals surface area contributed by atoms with Gasteiger partial charge in [-0.1, -0.05) is 106 Å². The molecular weight excluding hydrogens is 1180 g/mol. The van der Waals surface area contributed by atoms with Crippen LogP contribution in [0.5, 0.6) is 46.0 Å². The van der Waals surface area contributed by atoms with Crippen molar-refractivity contribution in [2.45, 2.75) is 183 Å². The molecule has 0 radical (unpaired) electrons. The molecule has 4 aliphatic carbocycles. The summed E-state index contributed by atoms with van der Waals surface area (Å²) in [6, 6.07) is 19.0. The van der Waals surface area contributed by atoms with E-state index in [1.54, 1.807) is 28.6 Å². The first-order valence-electron chi connectivity index (χ1n) is 34.3. The van der Waals surface area contributed by atoms with Gasteiger partial charge in [-0.25, -0.2) is 9.15 Å². The van der Waals surface area contributed by atoms with Crippen LogP contribution in [0.15, 0.2) is 83.5 Å². The van der Waals surface area contributed by atoms with Crippen molar-refractivity contribution in [3.63, 3.8) is 0 Å². The summed E-state index contributed by atoms with van der Waals surface area (Å²) in [6.45, 7) is 44.5. The van der Waals surface area contributed by atoms with Crippen molar-refractivity contribution in [3.8, 4) is 46.0 Å². The molecule has 17 rings (SSSR count). The Bertz CT molecular complexity index is 3660. The summed E-state index contributed by atoms with van der Waals surface area (Å²) in [5, 5.41) is 0. The summed E-state index contributed by atoms with van der Waals surface area (Å²) in [7, 11) is -2.27. The summed E-state index contributed by atoms with van der Waals surface area (Å²) in [5.41, 5.74) is 26.7. The first kappa shape index (κ1) is 66.6. The lowest BCUT2D eigenvalue weighted by Crippen LogP contribution is -3.00. The molecular formula is C77H102FN4O8Si2+. The van der Waals surface area contributed by atoms with Crippen LogP contribution < -0.4 is 42.6 Å². The molecule has 492 valence electrons. The smallest absolute Gasteiger partial charge is 0.231 e. The van der Waals surface area contributed by atoms with Crippen LogP contribution in [-0.2, 0) is 25.7 Å². The molecule has 0 amide bonds. The van der Waals surface area contributed by atoms with Gasteiger partial charge in [-0.2, -0.15) is 0 Å². The van der Waals surface area contributed by atoms with Gasteiger partial charge in [0.05, 0.1) is 6.72 Å². The largest absolute Gasteiger partial charge is 1.00 e. The molecule has 1 fully saturated rings. The Balaban J connectivity index is 0.000000122. The average molecular weight is 1290 g/mol. The first-order valence-corrected chi connectivity index (χ1v) is 41.7. The molecule has 0 N–H and O–H groups in total. The second-order valence-corrected chi connectivity index (χ2v) is 40.0. The lowest BCUT2D eigenvalue weighted by atomic mass is 9.83. The van der Waals surface area contributed by atoms with E-state index in [1.165, 1.54) is 161 Å². The lowest BCUT2D eigenvalue weighted by molar-refractivity contribution is -0.511. The van der Waals surface area contributed by atoms with Gasteiger partial charge < -0.3 is 42.6 Å². The van der Waals surface area contributed by atoms with E-state index in [4.69, 9.17) is 37.9 Å². The number of hydrogen-bond acceptors (Lipinski definition) is 9. The Hall–Kier alpha value is -6.82. The topological polar surface area (TPSA) is 86.1 Å². The first-order chi connectivity index (χ1) is 43.8. The van der Waals surface area contributed by atoms with Crippen LogP contribution in [0.25, 0.3) is 22.3 Å². The normalized spacial score (nSPS) is 21.2. The zero-order valence-electron chi connectivity index (χ0n) is 57.7. The third-order valence-electron chi connectivity index (χ3n) is 20.3. The molecule has 9 aliphatic heterocycles. The molecule has 12 nitrogen and oxygen atoms in total. The van der Waals surface area contributed by atoms with Gasteiger partial charge in [0.1, 0.15) is 54.2 Å². The maximum Gasteiger partial charge on any atom is 0.231 e. The molecule has 1 unspecified atom stereocenters. The monoisotopic (exact) mass is 1290 g/mol. The predicted octanol–water partition coefficient (Wildman–Crippen LogP) is 13.1. The molecule has 1 atom stereocenters. The number of halogens is 1. The van der Waals surface area contributed by atoms with Gasteiger partial charge in [0, 0.05) is 55.3 Å². The van der Waals surface area contributed by atoms with Gasteiger partial charge >= 0.3 is 0 Å². The van der Waals surface area contributed by atoms with E-state index in [0.29, 0.717) is 32.7 Å². The highest BCUT2D eigenvalue weighted by Gasteiger charge is 2.50. The van der Waals surface area contributed by atoms with Crippen molar-refractivity contribution in [1.82, 2.24) is 4.90 Å². The Morgan fingerprint density at radius 1 is 0.489 bits per heavy atom. The zero-order valence-corrected chi connectivity index (χ0v) is 59.7. The molecule has 92 heavy (non-hydrogen) atoms. The number of rotatable bonds is 4. The maximum absolute atomic E-state index is 5.64. The maximum atomic E-state index is 5.64. The summed E-state index contributed by atoms with van der Waals surface area (Å²) in [6.07, 6.45) is 20.8. The van der Waals surface area contributed by atoms with Crippen molar-refractivity contribution in [3.05, 3.63) is 134 Å². The Labute approximate surface area is 550 Å². The van der Waals surface area contributed by atoms with E-state index >= 15 is 0 Å². The quantitative estimate of drug-likeness (QED) is 0.0858. The number of nitrogens with zero attached hydrogens (tertiary/aromatic N) is 4. The number of ether oxygens (including phenoxy) is 8. The average Bonchev–Trinajstić information content (AvgIpc) is 1.58. The number of allylic oxidation sites excluding steroid dienone is 7. The number of fused-ring (bicyclic) bond motifs is 15. The van der Waals surface area contributed by atoms with Crippen molar-refractivity contribution >= 4 is 56.6 Å². The molecule has 0 saturated carbocycles. The third-order valence-corrected chi connectivity index (χ3v) is 23.0. The van der Waals surface area contributed by atoms with E-state index in [2.05, 4.69) is 147 Å². The van der Waals surface area contributed by atoms with Crippen molar-refractivity contribution in [2.24, 2.45) is 0 Å². The molecule has 9 heterocycles. The molecule has 0 bridgehead atoms. The minimum absolute atomic E-state index is 0. The van der Waals surface area contributed by atoms with Crippen LogP contribution in [0.3, 0.4) is 0 Å². The van der Waals surface area contributed by atoms with Crippen LogP contribution in [0.1, 0.15) is 157 Å². The van der Waals surface area contributed by atoms with Crippen LogP contribution in [-0.4, -0.2) is 131 Å². The molecule has 13 aliphatic rings. The number of hydrogen-bond donors (Lipinski definition) is 0. The third kappa shape index (κ3) is 13.1. The van der Waals surface area contributed by atoms with E-state index in [0.717, 1.165) is 104 Å². The molecule has 15 heteroatoms. The van der Waals surface area contributed by atoms with Crippen LogP contribution in [0, 0.1) is 6.04 Å². The summed E-state index contributed by atoms with van der Waals surface area (Å²) < 4.78 is 52.3. The molecule has 0 aromatic heterocycles. The van der Waals surface area contributed by atoms with Crippen molar-refractivity contribution in [2.75, 3.05) is 72.2 Å². The van der Waals surface area contributed by atoms with Gasteiger partial charge in [0.2, 0.25) is 27.2 Å². The van der Waals surface area contributed by atoms with E-state index in [1.807, 2.05) is 20.8 Å². The van der Waals surface area contributed by atoms with Gasteiger partial charge in [0.25, 0.3) is 0 Å².